The SMILES string of the molecule is Cc1cc(Br)ccc1Oc1c([N+](=O)[O-])ncn1C. The molecule has 0 N–H and O–H groups in total. The number of aromatic nitrogens is 2. The van der Waals surface area contributed by atoms with E-state index in [1.807, 2.05) is 19.1 Å². The molecular weight excluding hydrogens is 302 g/mol. The van der Waals surface area contributed by atoms with Gasteiger partial charge in [0.05, 0.1) is 0 Å². The minimum atomic E-state index is -0.566. The molecule has 94 valence electrons. The van der Waals surface area contributed by atoms with Crippen LogP contribution >= 0.6 is 15.9 Å². The normalized spacial score (nSPS) is 10.4. The van der Waals surface area contributed by atoms with Gasteiger partial charge in [-0.1, -0.05) is 15.9 Å². The maximum absolute atomic E-state index is 10.8. The molecule has 0 unspecified atom stereocenters. The van der Waals surface area contributed by atoms with Crippen molar-refractivity contribution < 1.29 is 9.66 Å². The van der Waals surface area contributed by atoms with Crippen LogP contribution in [0.2, 0.25) is 0 Å². The zero-order valence-corrected chi connectivity index (χ0v) is 11.3. The lowest BCUT2D eigenvalue weighted by Gasteiger charge is -2.08. The number of hydrogen-bond donors (Lipinski definition) is 0. The van der Waals surface area contributed by atoms with Gasteiger partial charge in [-0.2, -0.15) is 0 Å². The van der Waals surface area contributed by atoms with E-state index in [0.717, 1.165) is 10.0 Å². The number of imidazole rings is 1. The molecule has 1 heterocycles. The van der Waals surface area contributed by atoms with Crippen molar-refractivity contribution in [3.05, 3.63) is 44.7 Å². The van der Waals surface area contributed by atoms with Crippen LogP contribution in [0.4, 0.5) is 5.82 Å². The first-order valence-electron chi connectivity index (χ1n) is 5.08. The quantitative estimate of drug-likeness (QED) is 0.644. The van der Waals surface area contributed by atoms with Crippen LogP contribution < -0.4 is 4.74 Å². The maximum atomic E-state index is 10.8. The Bertz CT molecular complexity index is 610. The highest BCUT2D eigenvalue weighted by atomic mass is 79.9. The highest BCUT2D eigenvalue weighted by Crippen LogP contribution is 2.32. The average molecular weight is 312 g/mol. The first kappa shape index (κ1) is 12.6. The lowest BCUT2D eigenvalue weighted by Crippen LogP contribution is -1.97. The van der Waals surface area contributed by atoms with Gasteiger partial charge in [0.1, 0.15) is 5.75 Å². The molecule has 1 aromatic carbocycles. The molecule has 2 aromatic rings. The van der Waals surface area contributed by atoms with Gasteiger partial charge >= 0.3 is 11.7 Å². The molecule has 2 rings (SSSR count). The molecule has 0 spiro atoms. The molecule has 1 aromatic heterocycles. The van der Waals surface area contributed by atoms with Gasteiger partial charge in [-0.3, -0.25) is 4.57 Å². The van der Waals surface area contributed by atoms with E-state index in [0.29, 0.717) is 5.75 Å². The predicted molar refractivity (Wildman–Crippen MR) is 68.8 cm³/mol. The monoisotopic (exact) mass is 311 g/mol. The number of halogens is 1. The van der Waals surface area contributed by atoms with Crippen LogP contribution in [0, 0.1) is 17.0 Å². The summed E-state index contributed by atoms with van der Waals surface area (Å²) >= 11 is 3.35. The second kappa shape index (κ2) is 4.77. The van der Waals surface area contributed by atoms with Gasteiger partial charge in [-0.05, 0) is 40.6 Å². The van der Waals surface area contributed by atoms with Crippen LogP contribution in [0.5, 0.6) is 11.6 Å². The third kappa shape index (κ3) is 2.35. The lowest BCUT2D eigenvalue weighted by molar-refractivity contribution is -0.390. The summed E-state index contributed by atoms with van der Waals surface area (Å²) in [6.07, 6.45) is 1.35. The Labute approximate surface area is 111 Å². The van der Waals surface area contributed by atoms with Crippen LogP contribution in [-0.4, -0.2) is 14.5 Å². The van der Waals surface area contributed by atoms with Crippen LogP contribution in [0.25, 0.3) is 0 Å². The van der Waals surface area contributed by atoms with Crippen molar-refractivity contribution in [2.45, 2.75) is 6.92 Å². The Morgan fingerprint density at radius 2 is 2.22 bits per heavy atom. The molecule has 6 nitrogen and oxygen atoms in total. The van der Waals surface area contributed by atoms with Gasteiger partial charge in [0, 0.05) is 11.5 Å². The van der Waals surface area contributed by atoms with Crippen molar-refractivity contribution in [3.63, 3.8) is 0 Å². The summed E-state index contributed by atoms with van der Waals surface area (Å²) in [5, 5.41) is 10.8. The molecule has 0 fully saturated rings. The number of benzene rings is 1. The zero-order chi connectivity index (χ0) is 13.3. The van der Waals surface area contributed by atoms with Crippen molar-refractivity contribution in [3.8, 4) is 11.6 Å². The number of rotatable bonds is 3. The largest absolute Gasteiger partial charge is 0.433 e. The zero-order valence-electron chi connectivity index (χ0n) is 9.75. The summed E-state index contributed by atoms with van der Waals surface area (Å²) in [7, 11) is 1.64. The molecule has 0 aliphatic rings. The highest BCUT2D eigenvalue weighted by Gasteiger charge is 2.22. The third-order valence-electron chi connectivity index (χ3n) is 2.38. The molecular formula is C11H10BrN3O3. The second-order valence-electron chi connectivity index (χ2n) is 3.75. The molecule has 18 heavy (non-hydrogen) atoms. The first-order valence-corrected chi connectivity index (χ1v) is 5.88. The maximum Gasteiger partial charge on any atom is 0.427 e. The number of aryl methyl sites for hydroxylation is 2. The fraction of sp³-hybridized carbons (Fsp3) is 0.182. The van der Waals surface area contributed by atoms with Crippen molar-refractivity contribution in [2.75, 3.05) is 0 Å². The Kier molecular flexibility index (Phi) is 3.33. The second-order valence-corrected chi connectivity index (χ2v) is 4.67. The first-order chi connectivity index (χ1) is 8.49. The van der Waals surface area contributed by atoms with E-state index in [9.17, 15) is 10.1 Å². The van der Waals surface area contributed by atoms with Gasteiger partial charge in [-0.15, -0.1) is 0 Å². The van der Waals surface area contributed by atoms with E-state index in [-0.39, 0.29) is 11.7 Å². The van der Waals surface area contributed by atoms with Gasteiger partial charge in [-0.25, -0.2) is 0 Å². The fourth-order valence-corrected chi connectivity index (χ4v) is 1.96. The lowest BCUT2D eigenvalue weighted by atomic mass is 10.2. The van der Waals surface area contributed by atoms with E-state index in [2.05, 4.69) is 20.9 Å². The molecule has 0 saturated carbocycles. The van der Waals surface area contributed by atoms with E-state index in [1.165, 1.54) is 10.9 Å². The van der Waals surface area contributed by atoms with E-state index >= 15 is 0 Å². The van der Waals surface area contributed by atoms with Gasteiger partial charge in [0.15, 0.2) is 0 Å². The van der Waals surface area contributed by atoms with Crippen LogP contribution in [0.3, 0.4) is 0 Å². The Hall–Kier alpha value is -1.89. The fourth-order valence-electron chi connectivity index (χ4n) is 1.48. The molecule has 0 aliphatic carbocycles. The highest BCUT2D eigenvalue weighted by molar-refractivity contribution is 9.10. The molecule has 0 bridgehead atoms. The smallest absolute Gasteiger partial charge is 0.427 e. The van der Waals surface area contributed by atoms with Crippen LogP contribution in [-0.2, 0) is 7.05 Å². The minimum Gasteiger partial charge on any atom is -0.433 e. The summed E-state index contributed by atoms with van der Waals surface area (Å²) < 4.78 is 7.96. The summed E-state index contributed by atoms with van der Waals surface area (Å²) in [6.45, 7) is 1.86. The van der Waals surface area contributed by atoms with Gasteiger partial charge in [0.25, 0.3) is 0 Å². The summed E-state index contributed by atoms with van der Waals surface area (Å²) in [5.41, 5.74) is 0.875. The Balaban J connectivity index is 2.39. The predicted octanol–water partition coefficient (Wildman–Crippen LogP) is 3.19. The molecule has 0 radical (unpaired) electrons. The van der Waals surface area contributed by atoms with Crippen LogP contribution in [0.1, 0.15) is 5.56 Å². The Morgan fingerprint density at radius 3 is 2.83 bits per heavy atom. The average Bonchev–Trinajstić information content (AvgIpc) is 2.64. The molecule has 0 saturated heterocycles. The van der Waals surface area contributed by atoms with Crippen molar-refractivity contribution in [2.24, 2.45) is 7.05 Å². The van der Waals surface area contributed by atoms with Gasteiger partial charge < -0.3 is 14.9 Å². The summed E-state index contributed by atoms with van der Waals surface area (Å²) in [6, 6.07) is 5.43. The van der Waals surface area contributed by atoms with Crippen LogP contribution in [0.15, 0.2) is 29.0 Å². The number of hydrogen-bond acceptors (Lipinski definition) is 4. The number of nitro groups is 1. The summed E-state index contributed by atoms with van der Waals surface area (Å²) in [5.74, 6) is 0.384. The minimum absolute atomic E-state index is 0.116. The van der Waals surface area contributed by atoms with E-state index in [4.69, 9.17) is 4.74 Å². The van der Waals surface area contributed by atoms with Crippen molar-refractivity contribution >= 4 is 21.7 Å². The molecule has 0 atom stereocenters. The summed E-state index contributed by atoms with van der Waals surface area (Å²) in [4.78, 5) is 13.9. The van der Waals surface area contributed by atoms with Gasteiger partial charge in [0.2, 0.25) is 6.33 Å². The topological polar surface area (TPSA) is 70.2 Å². The standard InChI is InChI=1S/C11H10BrN3O3/c1-7-5-8(12)3-4-9(7)18-11-10(15(16)17)13-6-14(11)2/h3-6H,1-2H3. The van der Waals surface area contributed by atoms with Crippen molar-refractivity contribution in [1.82, 2.24) is 9.55 Å². The third-order valence-corrected chi connectivity index (χ3v) is 2.87. The molecule has 0 amide bonds. The number of nitrogens with zero attached hydrogens (tertiary/aromatic N) is 3. The molecule has 0 aliphatic heterocycles. The number of ether oxygens (including phenoxy) is 1. The van der Waals surface area contributed by atoms with E-state index < -0.39 is 4.92 Å². The molecule has 7 heteroatoms. The Morgan fingerprint density at radius 1 is 1.50 bits per heavy atom. The van der Waals surface area contributed by atoms with E-state index in [1.54, 1.807) is 13.1 Å². The van der Waals surface area contributed by atoms with Crippen molar-refractivity contribution in [1.29, 1.82) is 0 Å².